The maximum absolute atomic E-state index is 4.51. The number of nitrogens with zero attached hydrogens (tertiary/aromatic N) is 2. The van der Waals surface area contributed by atoms with E-state index >= 15 is 0 Å². The van der Waals surface area contributed by atoms with E-state index in [4.69, 9.17) is 0 Å². The third-order valence-electron chi connectivity index (χ3n) is 3.00. The van der Waals surface area contributed by atoms with Crippen molar-refractivity contribution in [1.82, 2.24) is 9.55 Å². The van der Waals surface area contributed by atoms with Crippen molar-refractivity contribution in [1.29, 1.82) is 0 Å². The third kappa shape index (κ3) is 3.76. The second kappa shape index (κ2) is 7.79. The van der Waals surface area contributed by atoms with Gasteiger partial charge in [-0.2, -0.15) is 0 Å². The van der Waals surface area contributed by atoms with Crippen molar-refractivity contribution in [3.05, 3.63) is 90.3 Å². The molecule has 0 bridgehead atoms. The van der Waals surface area contributed by atoms with E-state index in [1.165, 1.54) is 0 Å². The average Bonchev–Trinajstić information content (AvgIpc) is 3.24. The number of aryl methyl sites for hydroxylation is 1. The fourth-order valence-corrected chi connectivity index (χ4v) is 2.06. The Hall–Kier alpha value is -2.09. The predicted molar refractivity (Wildman–Crippen MR) is 78.3 cm³/mol. The number of hydrogen-bond donors (Lipinski definition) is 0. The van der Waals surface area contributed by atoms with Gasteiger partial charge in [0, 0.05) is 17.1 Å². The Labute approximate surface area is 141 Å². The molecule has 3 aromatic carbocycles. The van der Waals surface area contributed by atoms with Crippen LogP contribution in [0.1, 0.15) is 11.4 Å². The van der Waals surface area contributed by atoms with E-state index in [0.29, 0.717) is 0 Å². The summed E-state index contributed by atoms with van der Waals surface area (Å²) in [6, 6.07) is 31.6. The predicted octanol–water partition coefficient (Wildman–Crippen LogP) is 2.92. The summed E-state index contributed by atoms with van der Waals surface area (Å²) >= 11 is 0. The smallest absolute Gasteiger partial charge is 0.104 e. The number of benzene rings is 1. The van der Waals surface area contributed by atoms with Gasteiger partial charge >= 0.3 is 0 Å². The van der Waals surface area contributed by atoms with E-state index in [1.54, 1.807) is 6.07 Å². The molecule has 4 rings (SSSR count). The van der Waals surface area contributed by atoms with Gasteiger partial charge in [-0.3, -0.25) is 0 Å². The van der Waals surface area contributed by atoms with Crippen molar-refractivity contribution in [3.8, 4) is 0 Å². The van der Waals surface area contributed by atoms with Gasteiger partial charge in [-0.25, -0.2) is 4.98 Å². The van der Waals surface area contributed by atoms with Crippen LogP contribution in [0.2, 0.25) is 0 Å². The van der Waals surface area contributed by atoms with Gasteiger partial charge in [-0.15, -0.1) is 6.54 Å². The second-order valence-electron chi connectivity index (χ2n) is 4.40. The number of fused-ring (bicyclic) bond motifs is 1. The van der Waals surface area contributed by atoms with Crippen LogP contribution in [0.3, 0.4) is 0 Å². The minimum absolute atomic E-state index is 0. The SMILES string of the molecule is Cc1nc2ccccc2n1C[c-]1[c-][c-][c-][c-]1.[Fe].[c-]1[c-][c-][cH-][c-]1. The summed E-state index contributed by atoms with van der Waals surface area (Å²) in [6.45, 7) is 2.74. The van der Waals surface area contributed by atoms with Crippen LogP contribution in [0, 0.1) is 55.5 Å². The Morgan fingerprint density at radius 2 is 1.77 bits per heavy atom. The molecule has 0 atom stereocenters. The van der Waals surface area contributed by atoms with E-state index in [1.807, 2.05) is 25.1 Å². The Kier molecular flexibility index (Phi) is 5.76. The van der Waals surface area contributed by atoms with Gasteiger partial charge in [-0.1, -0.05) is 12.1 Å². The molecule has 0 fully saturated rings. The zero-order chi connectivity index (χ0) is 14.5. The van der Waals surface area contributed by atoms with Crippen molar-refractivity contribution in [2.24, 2.45) is 0 Å². The summed E-state index contributed by atoms with van der Waals surface area (Å²) in [4.78, 5) is 4.51. The maximum atomic E-state index is 4.51. The number of aromatic nitrogens is 2. The van der Waals surface area contributed by atoms with E-state index < -0.39 is 0 Å². The molecule has 0 unspecified atom stereocenters. The quantitative estimate of drug-likeness (QED) is 0.410. The summed E-state index contributed by atoms with van der Waals surface area (Å²) in [5, 5.41) is 0. The maximum Gasteiger partial charge on any atom is 0.104 e. The first kappa shape index (κ1) is 16.3. The molecule has 1 aromatic heterocycles. The minimum atomic E-state index is 0. The van der Waals surface area contributed by atoms with Crippen molar-refractivity contribution < 1.29 is 17.1 Å². The first-order chi connectivity index (χ1) is 10.3. The topological polar surface area (TPSA) is 17.8 Å². The van der Waals surface area contributed by atoms with Gasteiger partial charge in [0.1, 0.15) is 5.82 Å². The molecule has 0 aliphatic heterocycles. The van der Waals surface area contributed by atoms with Gasteiger partial charge < -0.3 is 64.7 Å². The van der Waals surface area contributed by atoms with Crippen LogP contribution in [0.15, 0.2) is 30.3 Å². The summed E-state index contributed by atoms with van der Waals surface area (Å²) in [5.41, 5.74) is 3.13. The van der Waals surface area contributed by atoms with E-state index in [-0.39, 0.29) is 17.1 Å². The number of imidazole rings is 1. The second-order valence-corrected chi connectivity index (χ2v) is 4.40. The zero-order valence-electron chi connectivity index (χ0n) is 11.8. The summed E-state index contributed by atoms with van der Waals surface area (Å²) < 4.78 is 2.15. The molecular formula is C19H10FeN2-10. The minimum Gasteiger partial charge on any atom is -0.999 e. The summed E-state index contributed by atoms with van der Waals surface area (Å²) in [5.74, 6) is 1.00. The normalized spacial score (nSPS) is 9.86. The van der Waals surface area contributed by atoms with Crippen molar-refractivity contribution >= 4 is 11.0 Å². The fraction of sp³-hybridized carbons (Fsp3) is 0.105. The van der Waals surface area contributed by atoms with Crippen LogP contribution >= 0.6 is 0 Å². The Morgan fingerprint density at radius 3 is 2.41 bits per heavy atom. The number of para-hydroxylation sites is 2. The molecule has 2 nitrogen and oxygen atoms in total. The van der Waals surface area contributed by atoms with Gasteiger partial charge in [0.2, 0.25) is 0 Å². The van der Waals surface area contributed by atoms with Crippen LogP contribution in [0.4, 0.5) is 0 Å². The molecule has 22 heavy (non-hydrogen) atoms. The largest absolute Gasteiger partial charge is 0.999 e. The first-order valence-electron chi connectivity index (χ1n) is 6.47. The molecule has 4 aromatic rings. The van der Waals surface area contributed by atoms with E-state index in [2.05, 4.69) is 64.1 Å². The van der Waals surface area contributed by atoms with E-state index in [9.17, 15) is 0 Å². The number of rotatable bonds is 2. The first-order valence-corrected chi connectivity index (χ1v) is 6.47. The Bertz CT molecular complexity index is 763. The van der Waals surface area contributed by atoms with Gasteiger partial charge in [0.15, 0.2) is 0 Å². The Morgan fingerprint density at radius 1 is 1.09 bits per heavy atom. The van der Waals surface area contributed by atoms with Crippen molar-refractivity contribution in [2.45, 2.75) is 13.5 Å². The van der Waals surface area contributed by atoms with Crippen LogP contribution in [0.25, 0.3) is 11.0 Å². The average molecular weight is 322 g/mol. The zero-order valence-corrected chi connectivity index (χ0v) is 12.9. The number of hydrogen-bond acceptors (Lipinski definition) is 1. The molecule has 0 amide bonds. The molecule has 114 valence electrons. The molecule has 1 heterocycles. The van der Waals surface area contributed by atoms with E-state index in [0.717, 1.165) is 29.0 Å². The van der Waals surface area contributed by atoms with Gasteiger partial charge in [-0.05, 0) is 19.1 Å². The molecule has 0 aliphatic rings. The van der Waals surface area contributed by atoms with Crippen molar-refractivity contribution in [3.63, 3.8) is 0 Å². The molecule has 3 heteroatoms. The molecule has 0 N–H and O–H groups in total. The molecule has 0 spiro atoms. The molecule has 0 radical (unpaired) electrons. The monoisotopic (exact) mass is 322 g/mol. The summed E-state index contributed by atoms with van der Waals surface area (Å²) in [7, 11) is 0. The van der Waals surface area contributed by atoms with Crippen LogP contribution in [-0.2, 0) is 23.6 Å². The van der Waals surface area contributed by atoms with Gasteiger partial charge in [0.25, 0.3) is 0 Å². The molecule has 0 aliphatic carbocycles. The van der Waals surface area contributed by atoms with Crippen LogP contribution in [-0.4, -0.2) is 9.55 Å². The molecule has 0 saturated heterocycles. The van der Waals surface area contributed by atoms with Gasteiger partial charge in [0.05, 0.1) is 11.0 Å². The summed E-state index contributed by atoms with van der Waals surface area (Å²) in [6.07, 6.45) is 0. The third-order valence-corrected chi connectivity index (χ3v) is 3.00. The van der Waals surface area contributed by atoms with Crippen molar-refractivity contribution in [2.75, 3.05) is 0 Å². The van der Waals surface area contributed by atoms with Crippen LogP contribution in [0.5, 0.6) is 0 Å². The standard InChI is InChI=1S/C14H9N2.C5H.Fe/c1-11-15-13-8-4-5-9-14(13)16(11)10-12-6-2-3-7-12;1-2-4-5-3-1;/h4-5,8-9H,10H2,1H3;1H;/q2*-5;. The molecular weight excluding hydrogens is 312 g/mol. The fourth-order valence-electron chi connectivity index (χ4n) is 2.06. The van der Waals surface area contributed by atoms with Crippen LogP contribution < -0.4 is 0 Å². The molecule has 0 saturated carbocycles. The Balaban J connectivity index is 0.000000253.